The summed E-state index contributed by atoms with van der Waals surface area (Å²) < 4.78 is 14.8. The van der Waals surface area contributed by atoms with Crippen LogP contribution in [0, 0.1) is 24.3 Å². The Morgan fingerprint density at radius 1 is 0.443 bits per heavy atom. The molecule has 4 aromatic heterocycles. The van der Waals surface area contributed by atoms with Gasteiger partial charge in [-0.1, -0.05) is 83.5 Å². The number of anilines is 3. The fraction of sp³-hybridized carbons (Fsp3) is 0. The van der Waals surface area contributed by atoms with Crippen LogP contribution < -0.4 is 14.4 Å². The summed E-state index contributed by atoms with van der Waals surface area (Å²) in [4.78, 5) is 23.5. The van der Waals surface area contributed by atoms with Gasteiger partial charge in [-0.2, -0.15) is 22.9 Å². The fourth-order valence-electron chi connectivity index (χ4n) is 7.27. The van der Waals surface area contributed by atoms with E-state index in [0.717, 1.165) is 60.1 Å². The second-order valence-corrected chi connectivity index (χ2v) is 14.7. The number of nitrogens with zero attached hydrogens (tertiary/aromatic N) is 6. The van der Waals surface area contributed by atoms with E-state index >= 15 is 0 Å². The van der Waals surface area contributed by atoms with Crippen molar-refractivity contribution < 1.29 is 50.3 Å². The Bertz CT molecular complexity index is 2980. The van der Waals surface area contributed by atoms with E-state index in [1.54, 1.807) is 24.2 Å². The van der Waals surface area contributed by atoms with E-state index in [-0.39, 0.29) is 40.8 Å². The van der Waals surface area contributed by atoms with E-state index < -0.39 is 0 Å². The van der Waals surface area contributed by atoms with Gasteiger partial charge in [-0.05, 0) is 47.8 Å². The smallest absolute Gasteiger partial charge is 0.503 e. The van der Waals surface area contributed by atoms with Gasteiger partial charge in [-0.25, -0.2) is 9.97 Å². The topological polar surface area (TPSA) is 78.2 Å². The molecule has 0 atom stereocenters. The molecule has 1 aliphatic rings. The summed E-state index contributed by atoms with van der Waals surface area (Å²) in [7, 11) is 0. The number of hydrogen-bond acceptors (Lipinski definition) is 8. The molecular formula is C50H28N6O2Pd2S. The largest absolute Gasteiger partial charge is 2.00 e. The van der Waals surface area contributed by atoms with E-state index in [2.05, 4.69) is 87.7 Å². The zero-order chi connectivity index (χ0) is 39.1. The molecule has 10 aromatic rings. The summed E-state index contributed by atoms with van der Waals surface area (Å²) in [5.41, 5.74) is 7.68. The molecule has 0 aliphatic carbocycles. The van der Waals surface area contributed by atoms with E-state index in [4.69, 9.17) is 19.4 Å². The zero-order valence-corrected chi connectivity index (χ0v) is 35.6. The Morgan fingerprint density at radius 3 is 1.41 bits per heavy atom. The van der Waals surface area contributed by atoms with E-state index in [1.165, 1.54) is 0 Å². The number of aromatic nitrogens is 5. The number of benzene rings is 6. The summed E-state index contributed by atoms with van der Waals surface area (Å²) in [5.74, 6) is 2.53. The molecule has 5 heterocycles. The van der Waals surface area contributed by atoms with Crippen molar-refractivity contribution in [1.29, 1.82) is 0 Å². The van der Waals surface area contributed by atoms with Crippen molar-refractivity contribution in [3.63, 3.8) is 0 Å². The Kier molecular flexibility index (Phi) is 11.3. The third kappa shape index (κ3) is 7.75. The molecular weight excluding hydrogens is 961 g/mol. The van der Waals surface area contributed by atoms with Crippen LogP contribution in [-0.4, -0.2) is 24.5 Å². The molecule has 0 amide bonds. The van der Waals surface area contributed by atoms with Crippen LogP contribution in [0.25, 0.3) is 50.3 Å². The summed E-state index contributed by atoms with van der Waals surface area (Å²) in [6, 6.07) is 61.5. The fourth-order valence-corrected chi connectivity index (χ4v) is 8.33. The molecule has 61 heavy (non-hydrogen) atoms. The summed E-state index contributed by atoms with van der Waals surface area (Å²) >= 11 is 1.76. The Morgan fingerprint density at radius 2 is 0.918 bits per heavy atom. The van der Waals surface area contributed by atoms with Crippen molar-refractivity contribution in [2.24, 2.45) is 0 Å². The predicted octanol–water partition coefficient (Wildman–Crippen LogP) is 12.4. The van der Waals surface area contributed by atoms with Crippen molar-refractivity contribution in [1.82, 2.24) is 24.5 Å². The molecule has 296 valence electrons. The first kappa shape index (κ1) is 40.0. The second kappa shape index (κ2) is 17.3. The molecule has 6 aromatic carbocycles. The van der Waals surface area contributed by atoms with Crippen LogP contribution in [-0.2, 0) is 40.8 Å². The molecule has 0 saturated carbocycles. The standard InChI is InChI=1S/C50H28N6O2S.2Pd/c1-3-19-48-44(17-1)55(45-18-2-4-20-49(45)59-48)35-31-53-50(54-32-35)56-46-29-38(57-36-13-9-11-33(27-36)42-15-5-7-25-51-42)21-23-40(46)41-24-22-39(30-47(41)56)58-37-14-10-12-34(28-37)43-16-6-8-26-52-43;;/h1-26,31-32H;;/q-4;2*+2. The van der Waals surface area contributed by atoms with Gasteiger partial charge in [0, 0.05) is 45.2 Å². The molecule has 0 unspecified atom stereocenters. The van der Waals surface area contributed by atoms with Crippen LogP contribution in [0.2, 0.25) is 0 Å². The normalized spacial score (nSPS) is 11.6. The van der Waals surface area contributed by atoms with Gasteiger partial charge in [0.2, 0.25) is 5.95 Å². The van der Waals surface area contributed by atoms with Crippen molar-refractivity contribution in [3.05, 3.63) is 195 Å². The maximum absolute atomic E-state index is 6.41. The van der Waals surface area contributed by atoms with Crippen LogP contribution >= 0.6 is 11.8 Å². The maximum atomic E-state index is 6.41. The Labute approximate surface area is 383 Å². The van der Waals surface area contributed by atoms with Crippen LogP contribution in [0.4, 0.5) is 17.1 Å². The average molecular weight is 990 g/mol. The van der Waals surface area contributed by atoms with Crippen LogP contribution in [0.15, 0.2) is 180 Å². The van der Waals surface area contributed by atoms with Gasteiger partial charge < -0.3 is 28.9 Å². The molecule has 0 fully saturated rings. The van der Waals surface area contributed by atoms with E-state index in [1.807, 2.05) is 114 Å². The molecule has 1 aliphatic heterocycles. The molecule has 0 spiro atoms. The first-order valence-electron chi connectivity index (χ1n) is 18.9. The molecule has 11 rings (SSSR count). The van der Waals surface area contributed by atoms with Gasteiger partial charge in [0.05, 0.1) is 29.5 Å². The number of hydrogen-bond donors (Lipinski definition) is 0. The molecule has 0 bridgehead atoms. The molecule has 11 heteroatoms. The third-order valence-electron chi connectivity index (χ3n) is 9.91. The maximum Gasteiger partial charge on any atom is 2.00 e. The number of para-hydroxylation sites is 2. The zero-order valence-electron chi connectivity index (χ0n) is 31.7. The third-order valence-corrected chi connectivity index (χ3v) is 11.0. The van der Waals surface area contributed by atoms with Crippen molar-refractivity contribution in [2.75, 3.05) is 4.90 Å². The first-order chi connectivity index (χ1) is 29.2. The molecule has 0 saturated heterocycles. The van der Waals surface area contributed by atoms with Crippen molar-refractivity contribution in [2.45, 2.75) is 9.79 Å². The van der Waals surface area contributed by atoms with E-state index in [9.17, 15) is 0 Å². The van der Waals surface area contributed by atoms with Gasteiger partial charge in [0.15, 0.2) is 0 Å². The molecule has 0 radical (unpaired) electrons. The van der Waals surface area contributed by atoms with Crippen LogP contribution in [0.5, 0.6) is 23.0 Å². The van der Waals surface area contributed by atoms with Gasteiger partial charge in [0.25, 0.3) is 0 Å². The summed E-state index contributed by atoms with van der Waals surface area (Å²) in [6.45, 7) is 0. The van der Waals surface area contributed by atoms with Crippen molar-refractivity contribution >= 4 is 50.6 Å². The van der Waals surface area contributed by atoms with Gasteiger partial charge in [0.1, 0.15) is 0 Å². The SMILES string of the molecule is [Pd+2].[Pd+2].[c-]1c(Oc2[c-]c3c(cc2)c2ccc(Oc4[c-]c(-c5ccccn5)ccc4)[c-]c2n3-c2ncc(N3c4ccccc4Sc4ccccc43)cn2)cccc1-c1ccccn1. The molecule has 0 N–H and O–H groups in total. The minimum Gasteiger partial charge on any atom is -0.503 e. The number of ether oxygens (including phenoxy) is 2. The first-order valence-corrected chi connectivity index (χ1v) is 19.7. The monoisotopic (exact) mass is 988 g/mol. The van der Waals surface area contributed by atoms with Gasteiger partial charge in [-0.3, -0.25) is 0 Å². The number of fused-ring (bicyclic) bond motifs is 5. The van der Waals surface area contributed by atoms with Gasteiger partial charge >= 0.3 is 40.8 Å². The average Bonchev–Trinajstić information content (AvgIpc) is 3.61. The van der Waals surface area contributed by atoms with Crippen LogP contribution in [0.1, 0.15) is 0 Å². The Balaban J connectivity index is 0.00000238. The number of rotatable bonds is 8. The minimum absolute atomic E-state index is 0. The van der Waals surface area contributed by atoms with Gasteiger partial charge in [-0.15, -0.1) is 71.8 Å². The summed E-state index contributed by atoms with van der Waals surface area (Å²) in [5, 5.41) is 1.85. The van der Waals surface area contributed by atoms with Crippen LogP contribution in [0.3, 0.4) is 0 Å². The summed E-state index contributed by atoms with van der Waals surface area (Å²) in [6.07, 6.45) is 7.25. The number of pyridine rings is 2. The second-order valence-electron chi connectivity index (χ2n) is 13.6. The predicted molar refractivity (Wildman–Crippen MR) is 230 cm³/mol. The quantitative estimate of drug-likeness (QED) is 0.110. The minimum atomic E-state index is 0. The molecule has 8 nitrogen and oxygen atoms in total. The van der Waals surface area contributed by atoms with E-state index in [0.29, 0.717) is 40.0 Å². The van der Waals surface area contributed by atoms with Crippen molar-refractivity contribution in [3.8, 4) is 51.5 Å². The Hall–Kier alpha value is -6.43.